The first-order valence-electron chi connectivity index (χ1n) is 11.5. The van der Waals surface area contributed by atoms with Gasteiger partial charge in [0.15, 0.2) is 0 Å². The van der Waals surface area contributed by atoms with Crippen LogP contribution in [0.3, 0.4) is 0 Å². The second-order valence-electron chi connectivity index (χ2n) is 8.54. The van der Waals surface area contributed by atoms with Gasteiger partial charge in [-0.1, -0.05) is 55.5 Å². The van der Waals surface area contributed by atoms with Crippen molar-refractivity contribution in [1.82, 2.24) is 20.1 Å². The number of pyridine rings is 1. The van der Waals surface area contributed by atoms with Crippen LogP contribution < -0.4 is 10.9 Å². The lowest BCUT2D eigenvalue weighted by Gasteiger charge is -2.18. The van der Waals surface area contributed by atoms with Crippen molar-refractivity contribution in [3.05, 3.63) is 61.6 Å². The predicted molar refractivity (Wildman–Crippen MR) is 133 cm³/mol. The van der Waals surface area contributed by atoms with Crippen LogP contribution in [0.4, 0.5) is 0 Å². The summed E-state index contributed by atoms with van der Waals surface area (Å²) in [5, 5.41) is 8.45. The van der Waals surface area contributed by atoms with Crippen LogP contribution in [0.25, 0.3) is 10.9 Å². The number of fused-ring (bicyclic) bond motifs is 1. The van der Waals surface area contributed by atoms with E-state index in [0.717, 1.165) is 45.9 Å². The Morgan fingerprint density at radius 2 is 1.94 bits per heavy atom. The van der Waals surface area contributed by atoms with Crippen molar-refractivity contribution < 1.29 is 4.79 Å². The maximum absolute atomic E-state index is 13.1. The number of aryl methyl sites for hydroxylation is 2. The highest BCUT2D eigenvalue weighted by Crippen LogP contribution is 2.30. The van der Waals surface area contributed by atoms with Crippen molar-refractivity contribution in [2.45, 2.75) is 78.8 Å². The second-order valence-corrected chi connectivity index (χ2v) is 9.45. The van der Waals surface area contributed by atoms with Crippen LogP contribution >= 0.6 is 15.9 Å². The summed E-state index contributed by atoms with van der Waals surface area (Å²) in [6.07, 6.45) is 8.61. The van der Waals surface area contributed by atoms with Crippen LogP contribution in [-0.2, 0) is 6.54 Å². The number of H-pyrrole nitrogens is 1. The minimum Gasteiger partial charge on any atom is -0.348 e. The van der Waals surface area contributed by atoms with Crippen LogP contribution in [-0.4, -0.2) is 20.7 Å². The Kier molecular flexibility index (Phi) is 8.29. The standard InChI is InChI=1S/C25H33BrN4O2/c1-5-7-8-10-19(9-6-2)30-23-13-18(26)12-20(22(23)15-28-30)24(31)27-14-21-16(3)11-17(4)29-25(21)32/h11-13,15,19H,5-10,14H2,1-4H3,(H,27,31)(H,29,32). The van der Waals surface area contributed by atoms with Gasteiger partial charge < -0.3 is 10.3 Å². The minimum absolute atomic E-state index is 0.163. The fraction of sp³-hybridized carbons (Fsp3) is 0.480. The molecule has 2 aromatic heterocycles. The normalized spacial score (nSPS) is 12.3. The highest BCUT2D eigenvalue weighted by molar-refractivity contribution is 9.10. The number of carbonyl (C=O) groups is 1. The Balaban J connectivity index is 1.89. The molecular weight excluding hydrogens is 468 g/mol. The van der Waals surface area contributed by atoms with E-state index in [1.807, 2.05) is 32.0 Å². The molecule has 1 atom stereocenters. The van der Waals surface area contributed by atoms with E-state index in [1.165, 1.54) is 19.3 Å². The fourth-order valence-corrected chi connectivity index (χ4v) is 4.75. The molecule has 0 saturated heterocycles. The van der Waals surface area contributed by atoms with E-state index in [-0.39, 0.29) is 18.0 Å². The molecular formula is C25H33BrN4O2. The van der Waals surface area contributed by atoms with Crippen LogP contribution in [0.1, 0.15) is 85.6 Å². The molecule has 3 aromatic rings. The maximum atomic E-state index is 13.1. The number of halogens is 1. The zero-order valence-electron chi connectivity index (χ0n) is 19.4. The Labute approximate surface area is 197 Å². The summed E-state index contributed by atoms with van der Waals surface area (Å²) >= 11 is 3.57. The number of nitrogens with zero attached hydrogens (tertiary/aromatic N) is 2. The molecule has 3 rings (SSSR count). The molecule has 2 N–H and O–H groups in total. The molecule has 0 radical (unpaired) electrons. The van der Waals surface area contributed by atoms with E-state index in [2.05, 4.69) is 44.8 Å². The Morgan fingerprint density at radius 3 is 2.62 bits per heavy atom. The van der Waals surface area contributed by atoms with Gasteiger partial charge in [0.25, 0.3) is 11.5 Å². The third-order valence-corrected chi connectivity index (χ3v) is 6.41. The molecule has 6 nitrogen and oxygen atoms in total. The van der Waals surface area contributed by atoms with Gasteiger partial charge >= 0.3 is 0 Å². The first-order valence-corrected chi connectivity index (χ1v) is 12.3. The Bertz CT molecular complexity index is 1150. The topological polar surface area (TPSA) is 79.8 Å². The predicted octanol–water partition coefficient (Wildman–Crippen LogP) is 5.96. The van der Waals surface area contributed by atoms with Crippen LogP contribution in [0.5, 0.6) is 0 Å². The van der Waals surface area contributed by atoms with Crippen molar-refractivity contribution in [3.63, 3.8) is 0 Å². The number of aromatic nitrogens is 3. The average Bonchev–Trinajstić information content (AvgIpc) is 3.15. The summed E-state index contributed by atoms with van der Waals surface area (Å²) in [5.41, 5.74) is 3.61. The van der Waals surface area contributed by atoms with E-state index in [1.54, 1.807) is 6.20 Å². The summed E-state index contributed by atoms with van der Waals surface area (Å²) in [7, 11) is 0. The highest BCUT2D eigenvalue weighted by Gasteiger charge is 2.19. The number of carbonyl (C=O) groups excluding carboxylic acids is 1. The largest absolute Gasteiger partial charge is 0.348 e. The quantitative estimate of drug-likeness (QED) is 0.337. The van der Waals surface area contributed by atoms with Crippen LogP contribution in [0.15, 0.2) is 33.7 Å². The van der Waals surface area contributed by atoms with Gasteiger partial charge in [0.2, 0.25) is 0 Å². The number of unbranched alkanes of at least 4 members (excludes halogenated alkanes) is 2. The van der Waals surface area contributed by atoms with Crippen LogP contribution in [0.2, 0.25) is 0 Å². The summed E-state index contributed by atoms with van der Waals surface area (Å²) in [6, 6.07) is 6.09. The first kappa shape index (κ1) is 24.2. The Morgan fingerprint density at radius 1 is 1.16 bits per heavy atom. The molecule has 2 heterocycles. The lowest BCUT2D eigenvalue weighted by molar-refractivity contribution is 0.0952. The average molecular weight is 501 g/mol. The maximum Gasteiger partial charge on any atom is 0.253 e. The van der Waals surface area contributed by atoms with Crippen LogP contribution in [0, 0.1) is 13.8 Å². The van der Waals surface area contributed by atoms with Gasteiger partial charge in [-0.3, -0.25) is 14.3 Å². The summed E-state index contributed by atoms with van der Waals surface area (Å²) in [4.78, 5) is 28.2. The van der Waals surface area contributed by atoms with E-state index >= 15 is 0 Å². The SMILES string of the molecule is CCCCCC(CCC)n1ncc2c(C(=O)NCc3c(C)cc(C)[nH]c3=O)cc(Br)cc21. The van der Waals surface area contributed by atoms with Crippen molar-refractivity contribution in [2.75, 3.05) is 0 Å². The van der Waals surface area contributed by atoms with E-state index < -0.39 is 0 Å². The molecule has 1 unspecified atom stereocenters. The number of rotatable bonds is 10. The zero-order valence-corrected chi connectivity index (χ0v) is 21.0. The van der Waals surface area contributed by atoms with Gasteiger partial charge in [0.05, 0.1) is 23.3 Å². The lowest BCUT2D eigenvalue weighted by atomic mass is 10.0. The molecule has 1 aromatic carbocycles. The molecule has 0 spiro atoms. The number of nitrogens with one attached hydrogen (secondary N) is 2. The molecule has 0 bridgehead atoms. The van der Waals surface area contributed by atoms with Crippen molar-refractivity contribution in [3.8, 4) is 0 Å². The number of hydrogen-bond acceptors (Lipinski definition) is 3. The van der Waals surface area contributed by atoms with Gasteiger partial charge in [-0.05, 0) is 50.5 Å². The third-order valence-electron chi connectivity index (χ3n) is 5.95. The van der Waals surface area contributed by atoms with Crippen molar-refractivity contribution in [1.29, 1.82) is 0 Å². The highest BCUT2D eigenvalue weighted by atomic mass is 79.9. The van der Waals surface area contributed by atoms with Gasteiger partial charge in [0, 0.05) is 27.7 Å². The van der Waals surface area contributed by atoms with E-state index in [4.69, 9.17) is 5.10 Å². The molecule has 0 aliphatic carbocycles. The molecule has 32 heavy (non-hydrogen) atoms. The first-order chi connectivity index (χ1) is 15.3. The van der Waals surface area contributed by atoms with Gasteiger partial charge in [-0.25, -0.2) is 0 Å². The molecule has 7 heteroatoms. The van der Waals surface area contributed by atoms with E-state index in [0.29, 0.717) is 17.2 Å². The van der Waals surface area contributed by atoms with Gasteiger partial charge in [0.1, 0.15) is 0 Å². The third kappa shape index (κ3) is 5.49. The lowest BCUT2D eigenvalue weighted by Crippen LogP contribution is -2.28. The molecule has 0 fully saturated rings. The summed E-state index contributed by atoms with van der Waals surface area (Å²) in [6.45, 7) is 8.32. The number of aromatic amines is 1. The molecule has 1 amide bonds. The summed E-state index contributed by atoms with van der Waals surface area (Å²) in [5.74, 6) is -0.215. The molecule has 0 aliphatic heterocycles. The number of benzene rings is 1. The number of hydrogen-bond donors (Lipinski definition) is 2. The van der Waals surface area contributed by atoms with Crippen molar-refractivity contribution >= 4 is 32.7 Å². The fourth-order valence-electron chi connectivity index (χ4n) is 4.31. The van der Waals surface area contributed by atoms with Gasteiger partial charge in [-0.2, -0.15) is 5.10 Å². The smallest absolute Gasteiger partial charge is 0.253 e. The molecule has 0 aliphatic rings. The molecule has 172 valence electrons. The van der Waals surface area contributed by atoms with E-state index in [9.17, 15) is 9.59 Å². The molecule has 0 saturated carbocycles. The monoisotopic (exact) mass is 500 g/mol. The van der Waals surface area contributed by atoms with Crippen molar-refractivity contribution in [2.24, 2.45) is 0 Å². The number of amides is 1. The second kappa shape index (κ2) is 10.9. The zero-order chi connectivity index (χ0) is 23.3. The summed E-state index contributed by atoms with van der Waals surface area (Å²) < 4.78 is 2.93. The Hall–Kier alpha value is -2.41. The van der Waals surface area contributed by atoms with Gasteiger partial charge in [-0.15, -0.1) is 0 Å². The minimum atomic E-state index is -0.215.